The number of hydrogen-bond acceptors (Lipinski definition) is 3. The number of carbonyl (C=O) groups excluding carboxylic acids is 2. The van der Waals surface area contributed by atoms with E-state index in [2.05, 4.69) is 6.92 Å². The van der Waals surface area contributed by atoms with Gasteiger partial charge in [-0.2, -0.15) is 0 Å². The van der Waals surface area contributed by atoms with Gasteiger partial charge in [-0.1, -0.05) is 13.3 Å². The van der Waals surface area contributed by atoms with Gasteiger partial charge in [0.2, 0.25) is 11.8 Å². The lowest BCUT2D eigenvalue weighted by molar-refractivity contribution is -0.146. The maximum Gasteiger partial charge on any atom is 0.308 e. The van der Waals surface area contributed by atoms with Crippen molar-refractivity contribution in [2.24, 2.45) is 11.8 Å². The highest BCUT2D eigenvalue weighted by Crippen LogP contribution is 2.24. The fourth-order valence-electron chi connectivity index (χ4n) is 3.14. The minimum atomic E-state index is -0.834. The van der Waals surface area contributed by atoms with E-state index in [0.29, 0.717) is 19.5 Å². The van der Waals surface area contributed by atoms with Crippen molar-refractivity contribution in [3.05, 3.63) is 0 Å². The fourth-order valence-corrected chi connectivity index (χ4v) is 3.14. The largest absolute Gasteiger partial charge is 0.481 e. The molecule has 0 radical (unpaired) electrons. The molecular formula is C15H24N2O4. The first-order valence-electron chi connectivity index (χ1n) is 7.82. The van der Waals surface area contributed by atoms with Crippen LogP contribution in [-0.2, 0) is 14.4 Å². The predicted molar refractivity (Wildman–Crippen MR) is 76.5 cm³/mol. The van der Waals surface area contributed by atoms with E-state index in [1.807, 2.05) is 0 Å². The molecule has 0 aliphatic carbocycles. The summed E-state index contributed by atoms with van der Waals surface area (Å²) < 4.78 is 0. The smallest absolute Gasteiger partial charge is 0.308 e. The monoisotopic (exact) mass is 296 g/mol. The maximum atomic E-state index is 12.5. The molecule has 2 aliphatic rings. The number of unbranched alkanes of at least 4 members (excludes halogenated alkanes) is 1. The molecule has 0 aromatic rings. The molecule has 2 rings (SSSR count). The average Bonchev–Trinajstić information content (AvgIpc) is 2.85. The van der Waals surface area contributed by atoms with Crippen LogP contribution in [0.15, 0.2) is 0 Å². The van der Waals surface area contributed by atoms with Gasteiger partial charge in [0.05, 0.1) is 11.8 Å². The van der Waals surface area contributed by atoms with Gasteiger partial charge in [-0.3, -0.25) is 14.4 Å². The Balaban J connectivity index is 1.91. The van der Waals surface area contributed by atoms with E-state index >= 15 is 0 Å². The molecule has 2 heterocycles. The van der Waals surface area contributed by atoms with Crippen LogP contribution in [0.2, 0.25) is 0 Å². The van der Waals surface area contributed by atoms with E-state index in [9.17, 15) is 14.4 Å². The normalized spacial score (nSPS) is 26.2. The summed E-state index contributed by atoms with van der Waals surface area (Å²) in [5.41, 5.74) is 0. The van der Waals surface area contributed by atoms with E-state index in [4.69, 9.17) is 5.11 Å². The Bertz CT molecular complexity index is 424. The lowest BCUT2D eigenvalue weighted by Crippen LogP contribution is -2.45. The summed E-state index contributed by atoms with van der Waals surface area (Å²) in [4.78, 5) is 38.9. The topological polar surface area (TPSA) is 77.9 Å². The molecular weight excluding hydrogens is 272 g/mol. The SMILES string of the molecule is CCCCN1C[C@H](C(=O)N2CCC[C@H](C(=O)O)C2)CC1=O. The molecule has 0 unspecified atom stereocenters. The van der Waals surface area contributed by atoms with E-state index in [1.54, 1.807) is 9.80 Å². The molecule has 0 spiro atoms. The molecule has 2 saturated heterocycles. The van der Waals surface area contributed by atoms with Crippen molar-refractivity contribution in [1.29, 1.82) is 0 Å². The molecule has 6 heteroatoms. The number of carbonyl (C=O) groups is 3. The number of likely N-dealkylation sites (tertiary alicyclic amines) is 2. The molecule has 0 saturated carbocycles. The fraction of sp³-hybridized carbons (Fsp3) is 0.800. The van der Waals surface area contributed by atoms with Gasteiger partial charge >= 0.3 is 5.97 Å². The summed E-state index contributed by atoms with van der Waals surface area (Å²) >= 11 is 0. The van der Waals surface area contributed by atoms with Crippen LogP contribution in [0.1, 0.15) is 39.0 Å². The Morgan fingerprint density at radius 1 is 1.29 bits per heavy atom. The molecule has 2 amide bonds. The highest BCUT2D eigenvalue weighted by molar-refractivity contribution is 5.89. The minimum absolute atomic E-state index is 0.0479. The first-order valence-corrected chi connectivity index (χ1v) is 7.82. The van der Waals surface area contributed by atoms with Crippen molar-refractivity contribution >= 4 is 17.8 Å². The number of carboxylic acids is 1. The van der Waals surface area contributed by atoms with Crippen molar-refractivity contribution in [3.63, 3.8) is 0 Å². The lowest BCUT2D eigenvalue weighted by Gasteiger charge is -2.32. The van der Waals surface area contributed by atoms with Crippen LogP contribution >= 0.6 is 0 Å². The van der Waals surface area contributed by atoms with Gasteiger partial charge in [-0.25, -0.2) is 0 Å². The Labute approximate surface area is 125 Å². The zero-order chi connectivity index (χ0) is 15.4. The summed E-state index contributed by atoms with van der Waals surface area (Å²) in [6.07, 6.45) is 3.61. The lowest BCUT2D eigenvalue weighted by atomic mass is 9.96. The molecule has 2 atom stereocenters. The zero-order valence-corrected chi connectivity index (χ0v) is 12.6. The van der Waals surface area contributed by atoms with Crippen molar-refractivity contribution < 1.29 is 19.5 Å². The summed E-state index contributed by atoms with van der Waals surface area (Å²) in [6, 6.07) is 0. The van der Waals surface area contributed by atoms with Crippen molar-refractivity contribution in [1.82, 2.24) is 9.80 Å². The van der Waals surface area contributed by atoms with E-state index in [-0.39, 0.29) is 30.7 Å². The van der Waals surface area contributed by atoms with Crippen LogP contribution in [0, 0.1) is 11.8 Å². The van der Waals surface area contributed by atoms with Gasteiger partial charge in [-0.05, 0) is 19.3 Å². The van der Waals surface area contributed by atoms with E-state index in [0.717, 1.165) is 25.8 Å². The first-order chi connectivity index (χ1) is 10.0. The van der Waals surface area contributed by atoms with Crippen LogP contribution < -0.4 is 0 Å². The molecule has 2 aliphatic heterocycles. The third-order valence-electron chi connectivity index (χ3n) is 4.43. The van der Waals surface area contributed by atoms with Gasteiger partial charge in [0.15, 0.2) is 0 Å². The highest BCUT2D eigenvalue weighted by Gasteiger charge is 2.38. The Kier molecular flexibility index (Phi) is 5.20. The van der Waals surface area contributed by atoms with Gasteiger partial charge in [0.1, 0.15) is 0 Å². The number of rotatable bonds is 5. The number of nitrogens with zero attached hydrogens (tertiary/aromatic N) is 2. The van der Waals surface area contributed by atoms with Gasteiger partial charge in [0, 0.05) is 32.6 Å². The number of hydrogen-bond donors (Lipinski definition) is 1. The molecule has 21 heavy (non-hydrogen) atoms. The van der Waals surface area contributed by atoms with E-state index in [1.165, 1.54) is 0 Å². The van der Waals surface area contributed by atoms with Gasteiger partial charge < -0.3 is 14.9 Å². The summed E-state index contributed by atoms with van der Waals surface area (Å²) in [6.45, 7) is 4.18. The molecule has 0 aromatic carbocycles. The standard InChI is InChI=1S/C15H24N2O4/c1-2-3-6-16-10-12(8-13(16)18)14(19)17-7-4-5-11(9-17)15(20)21/h11-12H,2-10H2,1H3,(H,20,21)/t11-,12+/m0/s1. The second kappa shape index (κ2) is 6.91. The van der Waals surface area contributed by atoms with Crippen LogP contribution in [0.3, 0.4) is 0 Å². The van der Waals surface area contributed by atoms with E-state index < -0.39 is 11.9 Å². The quantitative estimate of drug-likeness (QED) is 0.819. The molecule has 118 valence electrons. The van der Waals surface area contributed by atoms with Gasteiger partial charge in [0.25, 0.3) is 0 Å². The van der Waals surface area contributed by atoms with Crippen LogP contribution in [0.4, 0.5) is 0 Å². The van der Waals surface area contributed by atoms with Crippen molar-refractivity contribution in [3.8, 4) is 0 Å². The molecule has 1 N–H and O–H groups in total. The van der Waals surface area contributed by atoms with Crippen LogP contribution in [-0.4, -0.2) is 58.9 Å². The van der Waals surface area contributed by atoms with Crippen LogP contribution in [0.25, 0.3) is 0 Å². The third-order valence-corrected chi connectivity index (χ3v) is 4.43. The Morgan fingerprint density at radius 2 is 2.05 bits per heavy atom. The van der Waals surface area contributed by atoms with Crippen molar-refractivity contribution in [2.75, 3.05) is 26.2 Å². The number of carboxylic acid groups (broad SMARTS) is 1. The average molecular weight is 296 g/mol. The minimum Gasteiger partial charge on any atom is -0.481 e. The number of piperidine rings is 1. The van der Waals surface area contributed by atoms with Crippen LogP contribution in [0.5, 0.6) is 0 Å². The molecule has 2 fully saturated rings. The summed E-state index contributed by atoms with van der Waals surface area (Å²) in [7, 11) is 0. The van der Waals surface area contributed by atoms with Gasteiger partial charge in [-0.15, -0.1) is 0 Å². The second-order valence-electron chi connectivity index (χ2n) is 6.06. The highest BCUT2D eigenvalue weighted by atomic mass is 16.4. The first kappa shape index (κ1) is 15.8. The molecule has 0 aromatic heterocycles. The molecule has 0 bridgehead atoms. The third kappa shape index (κ3) is 3.74. The molecule has 6 nitrogen and oxygen atoms in total. The second-order valence-corrected chi connectivity index (χ2v) is 6.06. The Hall–Kier alpha value is -1.59. The maximum absolute atomic E-state index is 12.5. The summed E-state index contributed by atoms with van der Waals surface area (Å²) in [5, 5.41) is 9.08. The summed E-state index contributed by atoms with van der Waals surface area (Å²) in [5.74, 6) is -1.58. The number of aliphatic carboxylic acids is 1. The number of amides is 2. The van der Waals surface area contributed by atoms with Crippen molar-refractivity contribution in [2.45, 2.75) is 39.0 Å². The Morgan fingerprint density at radius 3 is 2.71 bits per heavy atom. The predicted octanol–water partition coefficient (Wildman–Crippen LogP) is 0.958. The zero-order valence-electron chi connectivity index (χ0n) is 12.6.